The Bertz CT molecular complexity index is 667. The van der Waals surface area contributed by atoms with E-state index in [2.05, 4.69) is 25.1 Å². The van der Waals surface area contributed by atoms with Gasteiger partial charge in [-0.05, 0) is 61.9 Å². The minimum absolute atomic E-state index is 0.0174. The molecule has 1 aliphatic heterocycles. The number of hydrogen-bond acceptors (Lipinski definition) is 5. The Hall–Kier alpha value is -0.910. The second-order valence-electron chi connectivity index (χ2n) is 9.69. The summed E-state index contributed by atoms with van der Waals surface area (Å²) in [7, 11) is 0. The van der Waals surface area contributed by atoms with E-state index in [1.54, 1.807) is 0 Å². The summed E-state index contributed by atoms with van der Waals surface area (Å²) in [6.45, 7) is 6.11. The van der Waals surface area contributed by atoms with E-state index in [4.69, 9.17) is 9.47 Å². The summed E-state index contributed by atoms with van der Waals surface area (Å²) in [5.41, 5.74) is 2.21. The summed E-state index contributed by atoms with van der Waals surface area (Å²) in [5, 5.41) is 23.8. The van der Waals surface area contributed by atoms with Crippen LogP contribution in [0, 0.1) is 28.6 Å². The Labute approximate surface area is 155 Å². The monoisotopic (exact) mass is 361 g/mol. The molecule has 3 unspecified atom stereocenters. The molecular weight excluding hydrogens is 330 g/mol. The lowest BCUT2D eigenvalue weighted by Crippen LogP contribution is -2.57. The average molecular weight is 361 g/mol. The highest BCUT2D eigenvalue weighted by molar-refractivity contribution is 5.99. The highest BCUT2D eigenvalue weighted by atomic mass is 16.7. The molecule has 5 rings (SSSR count). The van der Waals surface area contributed by atoms with Crippen molar-refractivity contribution in [3.8, 4) is 0 Å². The Kier molecular flexibility index (Phi) is 3.68. The van der Waals surface area contributed by atoms with Gasteiger partial charge in [-0.15, -0.1) is 0 Å². The van der Waals surface area contributed by atoms with Crippen molar-refractivity contribution in [2.75, 3.05) is 13.2 Å². The largest absolute Gasteiger partial charge is 0.411 e. The van der Waals surface area contributed by atoms with E-state index >= 15 is 0 Å². The number of hydrogen-bond donors (Lipinski definition) is 2. The third-order valence-electron chi connectivity index (χ3n) is 8.85. The molecule has 26 heavy (non-hydrogen) atoms. The molecule has 144 valence electrons. The molecule has 3 saturated carbocycles. The topological polar surface area (TPSA) is 71.3 Å². The van der Waals surface area contributed by atoms with E-state index in [9.17, 15) is 10.3 Å². The van der Waals surface area contributed by atoms with Crippen LogP contribution in [0.5, 0.6) is 0 Å². The quantitative estimate of drug-likeness (QED) is 0.512. The van der Waals surface area contributed by atoms with Gasteiger partial charge in [-0.1, -0.05) is 24.6 Å². The lowest BCUT2D eigenvalue weighted by atomic mass is 9.47. The lowest BCUT2D eigenvalue weighted by Gasteiger charge is -2.58. The number of allylic oxidation sites excluding steroid dienone is 1. The normalized spacial score (nSPS) is 51.0. The van der Waals surface area contributed by atoms with Crippen molar-refractivity contribution < 1.29 is 19.8 Å². The summed E-state index contributed by atoms with van der Waals surface area (Å²) < 4.78 is 12.4. The summed E-state index contributed by atoms with van der Waals surface area (Å²) in [6, 6.07) is 0. The molecule has 0 aromatic carbocycles. The van der Waals surface area contributed by atoms with Crippen molar-refractivity contribution in [2.24, 2.45) is 33.7 Å². The number of oxime groups is 1. The Morgan fingerprint density at radius 3 is 2.50 bits per heavy atom. The van der Waals surface area contributed by atoms with E-state index in [1.165, 1.54) is 5.57 Å². The summed E-state index contributed by atoms with van der Waals surface area (Å²) in [5.74, 6) is 0.730. The molecule has 0 amide bonds. The number of aliphatic hydroxyl groups excluding tert-OH is 1. The molecule has 1 heterocycles. The molecule has 5 aliphatic rings. The maximum absolute atomic E-state index is 10.2. The Morgan fingerprint density at radius 1 is 1.04 bits per heavy atom. The molecule has 4 aliphatic carbocycles. The predicted octanol–water partition coefficient (Wildman–Crippen LogP) is 3.49. The smallest absolute Gasteiger partial charge is 0.174 e. The van der Waals surface area contributed by atoms with Crippen LogP contribution in [0.3, 0.4) is 0 Å². The van der Waals surface area contributed by atoms with Gasteiger partial charge in [-0.2, -0.15) is 0 Å². The molecular formula is C21H31NO4. The first kappa shape index (κ1) is 17.2. The standard InChI is InChI=1S/C21H31NO4/c1-19-6-3-14(23)11-13(19)12-17(22-24)18-15(19)4-7-20(2)16(18)5-8-21(20)25-9-10-26-21/h12,14-16,18,23-24H,3-11H2,1-2H3/t14-,15?,16?,18?,19-,20-/m0/s1. The van der Waals surface area contributed by atoms with E-state index in [-0.39, 0.29) is 22.9 Å². The van der Waals surface area contributed by atoms with Gasteiger partial charge in [0.2, 0.25) is 0 Å². The fraction of sp³-hybridized carbons (Fsp3) is 0.857. The van der Waals surface area contributed by atoms with Crippen molar-refractivity contribution in [3.05, 3.63) is 11.6 Å². The fourth-order valence-electron chi connectivity index (χ4n) is 7.39. The first-order chi connectivity index (χ1) is 12.4. The zero-order valence-corrected chi connectivity index (χ0v) is 15.9. The van der Waals surface area contributed by atoms with Crippen LogP contribution in [0.4, 0.5) is 0 Å². The molecule has 5 nitrogen and oxygen atoms in total. The molecule has 0 bridgehead atoms. The molecule has 0 radical (unpaired) electrons. The van der Waals surface area contributed by atoms with Crippen LogP contribution in [0.1, 0.15) is 58.8 Å². The number of fused-ring (bicyclic) bond motifs is 6. The third-order valence-corrected chi connectivity index (χ3v) is 8.85. The van der Waals surface area contributed by atoms with Crippen molar-refractivity contribution in [1.29, 1.82) is 0 Å². The van der Waals surface area contributed by atoms with Crippen molar-refractivity contribution in [3.63, 3.8) is 0 Å². The molecule has 5 heteroatoms. The maximum Gasteiger partial charge on any atom is 0.174 e. The second kappa shape index (κ2) is 5.55. The highest BCUT2D eigenvalue weighted by Crippen LogP contribution is 2.68. The molecule has 1 spiro atoms. The minimum atomic E-state index is -0.434. The van der Waals surface area contributed by atoms with Gasteiger partial charge in [0.15, 0.2) is 5.79 Å². The minimum Gasteiger partial charge on any atom is -0.411 e. The maximum atomic E-state index is 10.2. The number of nitrogens with zero attached hydrogens (tertiary/aromatic N) is 1. The molecule has 0 aromatic rings. The van der Waals surface area contributed by atoms with Gasteiger partial charge in [0.1, 0.15) is 0 Å². The third kappa shape index (κ3) is 2.00. The molecule has 4 fully saturated rings. The van der Waals surface area contributed by atoms with Crippen LogP contribution < -0.4 is 0 Å². The fourth-order valence-corrected chi connectivity index (χ4v) is 7.39. The van der Waals surface area contributed by atoms with Gasteiger partial charge in [-0.25, -0.2) is 0 Å². The van der Waals surface area contributed by atoms with Crippen molar-refractivity contribution in [1.82, 2.24) is 0 Å². The number of rotatable bonds is 0. The number of ether oxygens (including phenoxy) is 2. The van der Waals surface area contributed by atoms with Crippen LogP contribution in [0.25, 0.3) is 0 Å². The first-order valence-electron chi connectivity index (χ1n) is 10.3. The van der Waals surface area contributed by atoms with E-state index < -0.39 is 5.79 Å². The van der Waals surface area contributed by atoms with Crippen molar-refractivity contribution in [2.45, 2.75) is 70.7 Å². The van der Waals surface area contributed by atoms with Crippen molar-refractivity contribution >= 4 is 5.71 Å². The zero-order chi connectivity index (χ0) is 18.2. The van der Waals surface area contributed by atoms with Crippen LogP contribution in [-0.4, -0.2) is 41.1 Å². The highest BCUT2D eigenvalue weighted by Gasteiger charge is 2.67. The molecule has 0 aromatic heterocycles. The van der Waals surface area contributed by atoms with E-state index in [0.717, 1.165) is 50.7 Å². The van der Waals surface area contributed by atoms with Crippen LogP contribution >= 0.6 is 0 Å². The molecule has 1 saturated heterocycles. The predicted molar refractivity (Wildman–Crippen MR) is 96.9 cm³/mol. The van der Waals surface area contributed by atoms with Crippen LogP contribution in [0.2, 0.25) is 0 Å². The molecule has 2 N–H and O–H groups in total. The Morgan fingerprint density at radius 2 is 1.77 bits per heavy atom. The second-order valence-corrected chi connectivity index (χ2v) is 9.69. The summed E-state index contributed by atoms with van der Waals surface area (Å²) in [6.07, 6.45) is 8.70. The van der Waals surface area contributed by atoms with Crippen LogP contribution in [0.15, 0.2) is 16.8 Å². The van der Waals surface area contributed by atoms with Crippen LogP contribution in [-0.2, 0) is 9.47 Å². The molecule has 6 atom stereocenters. The van der Waals surface area contributed by atoms with Gasteiger partial charge in [0.25, 0.3) is 0 Å². The first-order valence-corrected chi connectivity index (χ1v) is 10.3. The van der Waals surface area contributed by atoms with Gasteiger partial charge in [0, 0.05) is 17.8 Å². The number of aliphatic hydroxyl groups is 1. The lowest BCUT2D eigenvalue weighted by molar-refractivity contribution is -0.238. The Balaban J connectivity index is 1.57. The van der Waals surface area contributed by atoms with Gasteiger partial charge in [-0.3, -0.25) is 0 Å². The average Bonchev–Trinajstić information content (AvgIpc) is 3.22. The van der Waals surface area contributed by atoms with E-state index in [0.29, 0.717) is 25.0 Å². The SMILES string of the molecule is C[C@]12CC[C@H](O)CC1=CC(=NO)C1C2CC[C@@]2(C)C1CCC21OCCO1. The van der Waals surface area contributed by atoms with E-state index in [1.807, 2.05) is 0 Å². The van der Waals surface area contributed by atoms with Gasteiger partial charge < -0.3 is 19.8 Å². The summed E-state index contributed by atoms with van der Waals surface area (Å²) in [4.78, 5) is 0. The van der Waals surface area contributed by atoms with Gasteiger partial charge >= 0.3 is 0 Å². The zero-order valence-electron chi connectivity index (χ0n) is 15.9. The summed E-state index contributed by atoms with van der Waals surface area (Å²) >= 11 is 0. The van der Waals surface area contributed by atoms with Gasteiger partial charge in [0.05, 0.1) is 25.0 Å².